The first-order chi connectivity index (χ1) is 17.3. The minimum absolute atomic E-state index is 0.253. The summed E-state index contributed by atoms with van der Waals surface area (Å²) in [6.45, 7) is 0. The zero-order chi connectivity index (χ0) is 22.9. The lowest BCUT2D eigenvalue weighted by Gasteiger charge is -2.13. The smallest absolute Gasteiger partial charge is 0.196 e. The zero-order valence-corrected chi connectivity index (χ0v) is 18.7. The average Bonchev–Trinajstić information content (AvgIpc) is 3.60. The molecule has 4 nitrogen and oxygen atoms in total. The summed E-state index contributed by atoms with van der Waals surface area (Å²) in [7, 11) is 0. The van der Waals surface area contributed by atoms with Crippen molar-refractivity contribution in [1.29, 1.82) is 0 Å². The first-order valence-electron chi connectivity index (χ1n) is 11.8. The van der Waals surface area contributed by atoms with Crippen molar-refractivity contribution in [3.63, 3.8) is 0 Å². The van der Waals surface area contributed by atoms with Crippen LogP contribution in [-0.2, 0) is 0 Å². The number of para-hydroxylation sites is 3. The molecule has 3 heterocycles. The van der Waals surface area contributed by atoms with Gasteiger partial charge in [0.1, 0.15) is 16.9 Å². The maximum Gasteiger partial charge on any atom is 0.196 e. The summed E-state index contributed by atoms with van der Waals surface area (Å²) >= 11 is 0. The lowest BCUT2D eigenvalue weighted by atomic mass is 10.1. The van der Waals surface area contributed by atoms with Crippen molar-refractivity contribution in [2.45, 2.75) is 6.23 Å². The van der Waals surface area contributed by atoms with Crippen LogP contribution in [0, 0.1) is 0 Å². The number of hydrogen-bond acceptors (Lipinski definition) is 3. The molecule has 1 N–H and O–H groups in total. The molecule has 0 amide bonds. The predicted molar refractivity (Wildman–Crippen MR) is 141 cm³/mol. The van der Waals surface area contributed by atoms with Crippen LogP contribution in [0.25, 0.3) is 49.4 Å². The van der Waals surface area contributed by atoms with E-state index < -0.39 is 0 Å². The quantitative estimate of drug-likeness (QED) is 0.287. The molecule has 0 fully saturated rings. The second-order valence-corrected chi connectivity index (χ2v) is 9.01. The highest BCUT2D eigenvalue weighted by molar-refractivity contribution is 6.13. The number of hydrogen-bond donors (Lipinski definition) is 1. The molecule has 7 aromatic rings. The van der Waals surface area contributed by atoms with Gasteiger partial charge < -0.3 is 19.0 Å². The number of rotatable bonds is 2. The van der Waals surface area contributed by atoms with Crippen LogP contribution in [0.5, 0.6) is 5.75 Å². The predicted octanol–water partition coefficient (Wildman–Crippen LogP) is 8.19. The molecule has 4 heteroatoms. The maximum absolute atomic E-state index is 6.33. The van der Waals surface area contributed by atoms with E-state index in [0.717, 1.165) is 44.6 Å². The lowest BCUT2D eigenvalue weighted by Crippen LogP contribution is -2.10. The number of nitrogens with one attached hydrogen (secondary N) is 1. The van der Waals surface area contributed by atoms with Crippen LogP contribution in [0.2, 0.25) is 0 Å². The Morgan fingerprint density at radius 1 is 0.600 bits per heavy atom. The summed E-state index contributed by atoms with van der Waals surface area (Å²) in [5.41, 5.74) is 7.36. The summed E-state index contributed by atoms with van der Waals surface area (Å²) in [6.07, 6.45) is -0.253. The highest BCUT2D eigenvalue weighted by atomic mass is 16.5. The van der Waals surface area contributed by atoms with Crippen molar-refractivity contribution in [1.82, 2.24) is 4.57 Å². The van der Waals surface area contributed by atoms with Crippen molar-refractivity contribution in [2.24, 2.45) is 0 Å². The van der Waals surface area contributed by atoms with Gasteiger partial charge in [-0.05, 0) is 42.5 Å². The number of anilines is 1. The third-order valence-electron chi connectivity index (χ3n) is 7.06. The van der Waals surface area contributed by atoms with Gasteiger partial charge in [0.25, 0.3) is 0 Å². The Morgan fingerprint density at radius 3 is 2.00 bits per heavy atom. The van der Waals surface area contributed by atoms with Crippen LogP contribution < -0.4 is 10.1 Å². The van der Waals surface area contributed by atoms with Gasteiger partial charge >= 0.3 is 0 Å². The highest BCUT2D eigenvalue weighted by Gasteiger charge is 2.27. The van der Waals surface area contributed by atoms with Gasteiger partial charge in [-0.15, -0.1) is 0 Å². The fourth-order valence-corrected chi connectivity index (χ4v) is 5.48. The molecule has 1 atom stereocenters. The van der Waals surface area contributed by atoms with Crippen molar-refractivity contribution >= 4 is 49.4 Å². The van der Waals surface area contributed by atoms with Crippen molar-refractivity contribution in [3.8, 4) is 11.4 Å². The Bertz CT molecular complexity index is 1860. The van der Waals surface area contributed by atoms with Gasteiger partial charge in [-0.2, -0.15) is 0 Å². The van der Waals surface area contributed by atoms with E-state index in [1.165, 1.54) is 21.8 Å². The monoisotopic (exact) mass is 452 g/mol. The summed E-state index contributed by atoms with van der Waals surface area (Å²) in [5.74, 6) is 0.848. The zero-order valence-electron chi connectivity index (χ0n) is 18.7. The Hall–Kier alpha value is -4.70. The lowest BCUT2D eigenvalue weighted by molar-refractivity contribution is 0.260. The van der Waals surface area contributed by atoms with Gasteiger partial charge in [-0.25, -0.2) is 0 Å². The summed E-state index contributed by atoms with van der Waals surface area (Å²) < 4.78 is 14.7. The SMILES string of the molecule is c1ccc2c(c1)oc1ccc3c(c12)NC(c1ccc(-n2c4ccccc4c4ccccc42)cc1)O3. The van der Waals surface area contributed by atoms with Gasteiger partial charge in [-0.1, -0.05) is 66.7 Å². The van der Waals surface area contributed by atoms with E-state index >= 15 is 0 Å². The molecular weight excluding hydrogens is 432 g/mol. The van der Waals surface area contributed by atoms with E-state index in [1.807, 2.05) is 30.3 Å². The molecule has 0 saturated carbocycles. The van der Waals surface area contributed by atoms with Crippen LogP contribution >= 0.6 is 0 Å². The topological polar surface area (TPSA) is 39.3 Å². The van der Waals surface area contributed by atoms with E-state index in [4.69, 9.17) is 9.15 Å². The number of aromatic nitrogens is 1. The first-order valence-corrected chi connectivity index (χ1v) is 11.8. The van der Waals surface area contributed by atoms with Crippen molar-refractivity contribution < 1.29 is 9.15 Å². The average molecular weight is 453 g/mol. The van der Waals surface area contributed by atoms with Gasteiger partial charge in [0.2, 0.25) is 0 Å². The molecule has 35 heavy (non-hydrogen) atoms. The van der Waals surface area contributed by atoms with Crippen molar-refractivity contribution in [3.05, 3.63) is 115 Å². The van der Waals surface area contributed by atoms with Gasteiger partial charge in [0.15, 0.2) is 6.23 Å². The number of nitrogens with zero attached hydrogens (tertiary/aromatic N) is 1. The standard InChI is InChI=1S/C31H20N2O2/c1-4-10-24-21(7-1)22-8-2-5-11-25(22)33(24)20-15-13-19(14-16-20)31-32-30-28(35-31)18-17-27-29(30)23-9-3-6-12-26(23)34-27/h1-18,31-32H. The molecule has 0 spiro atoms. The number of ether oxygens (including phenoxy) is 1. The third kappa shape index (κ3) is 2.62. The fraction of sp³-hybridized carbons (Fsp3) is 0.0323. The molecule has 0 bridgehead atoms. The van der Waals surface area contributed by atoms with Crippen LogP contribution in [-0.4, -0.2) is 4.57 Å². The van der Waals surface area contributed by atoms with E-state index in [2.05, 4.69) is 88.7 Å². The second-order valence-electron chi connectivity index (χ2n) is 9.01. The maximum atomic E-state index is 6.33. The molecule has 8 rings (SSSR count). The van der Waals surface area contributed by atoms with Gasteiger partial charge in [0, 0.05) is 27.4 Å². The first kappa shape index (κ1) is 18.7. The van der Waals surface area contributed by atoms with Gasteiger partial charge in [0.05, 0.1) is 22.1 Å². The molecule has 1 unspecified atom stereocenters. The number of benzene rings is 5. The van der Waals surface area contributed by atoms with Crippen LogP contribution in [0.1, 0.15) is 11.8 Å². The summed E-state index contributed by atoms with van der Waals surface area (Å²) in [4.78, 5) is 0. The largest absolute Gasteiger partial charge is 0.464 e. The minimum atomic E-state index is -0.253. The Morgan fingerprint density at radius 2 is 1.26 bits per heavy atom. The van der Waals surface area contributed by atoms with Crippen LogP contribution in [0.4, 0.5) is 5.69 Å². The van der Waals surface area contributed by atoms with E-state index in [9.17, 15) is 0 Å². The normalized spacial score (nSPS) is 15.0. The molecule has 166 valence electrons. The molecule has 1 aliphatic heterocycles. The highest BCUT2D eigenvalue weighted by Crippen LogP contribution is 2.46. The molecule has 0 saturated heterocycles. The Kier molecular flexibility index (Phi) is 3.69. The minimum Gasteiger partial charge on any atom is -0.464 e. The molecule has 1 aliphatic rings. The molecule has 0 aliphatic carbocycles. The number of furan rings is 1. The molecule has 2 aromatic heterocycles. The van der Waals surface area contributed by atoms with Gasteiger partial charge in [-0.3, -0.25) is 0 Å². The van der Waals surface area contributed by atoms with Crippen LogP contribution in [0.15, 0.2) is 114 Å². The van der Waals surface area contributed by atoms with E-state index in [1.54, 1.807) is 0 Å². The van der Waals surface area contributed by atoms with Crippen molar-refractivity contribution in [2.75, 3.05) is 5.32 Å². The second kappa shape index (κ2) is 6.90. The molecular formula is C31H20N2O2. The van der Waals surface area contributed by atoms with E-state index in [-0.39, 0.29) is 6.23 Å². The Balaban J connectivity index is 1.20. The fourth-order valence-electron chi connectivity index (χ4n) is 5.48. The summed E-state index contributed by atoms with van der Waals surface area (Å²) in [5, 5.41) is 8.29. The third-order valence-corrected chi connectivity index (χ3v) is 7.06. The molecule has 0 radical (unpaired) electrons. The molecule has 5 aromatic carbocycles. The van der Waals surface area contributed by atoms with E-state index in [0.29, 0.717) is 0 Å². The Labute approximate surface area is 201 Å². The summed E-state index contributed by atoms with van der Waals surface area (Å²) in [6, 6.07) is 37.9. The number of fused-ring (bicyclic) bond motifs is 8. The van der Waals surface area contributed by atoms with Crippen LogP contribution in [0.3, 0.4) is 0 Å².